The molecule has 0 amide bonds. The summed E-state index contributed by atoms with van der Waals surface area (Å²) in [5.41, 5.74) is 0. The van der Waals surface area contributed by atoms with E-state index in [0.717, 1.165) is 12.5 Å². The molecule has 1 N–H and O–H groups in total. The number of likely N-dealkylation sites (N-methyl/N-ethyl adjacent to an activating group) is 2. The van der Waals surface area contributed by atoms with E-state index in [2.05, 4.69) is 17.3 Å². The maximum atomic E-state index is 3.17. The molecule has 0 aromatic heterocycles. The van der Waals surface area contributed by atoms with Gasteiger partial charge in [0.25, 0.3) is 0 Å². The van der Waals surface area contributed by atoms with Crippen molar-refractivity contribution in [3.63, 3.8) is 0 Å². The highest BCUT2D eigenvalue weighted by molar-refractivity contribution is 4.70. The van der Waals surface area contributed by atoms with Crippen LogP contribution in [-0.2, 0) is 0 Å². The largest absolute Gasteiger partial charge is 0.318 e. The molecule has 0 atom stereocenters. The summed E-state index contributed by atoms with van der Waals surface area (Å²) in [5, 5.41) is 3.17. The van der Waals surface area contributed by atoms with Crippen molar-refractivity contribution in [3.8, 4) is 0 Å². The fourth-order valence-corrected chi connectivity index (χ4v) is 1.60. The maximum Gasteiger partial charge on any atom is 0.0104 e. The van der Waals surface area contributed by atoms with Crippen molar-refractivity contribution in [3.05, 3.63) is 0 Å². The molecule has 2 nitrogen and oxygen atoms in total. The van der Waals surface area contributed by atoms with Gasteiger partial charge in [-0.2, -0.15) is 0 Å². The second-order valence-electron chi connectivity index (χ2n) is 3.99. The SMILES string of the molecule is CNCCN(C)CCC1CCC1. The number of hydrogen-bond donors (Lipinski definition) is 1. The van der Waals surface area contributed by atoms with Crippen LogP contribution in [0.3, 0.4) is 0 Å². The normalized spacial score (nSPS) is 18.2. The fourth-order valence-electron chi connectivity index (χ4n) is 1.60. The molecule has 0 aromatic rings. The molecule has 72 valence electrons. The first-order valence-electron chi connectivity index (χ1n) is 5.16. The van der Waals surface area contributed by atoms with E-state index in [1.54, 1.807) is 0 Å². The lowest BCUT2D eigenvalue weighted by molar-refractivity contribution is 0.240. The molecule has 0 radical (unpaired) electrons. The van der Waals surface area contributed by atoms with E-state index in [0.29, 0.717) is 0 Å². The van der Waals surface area contributed by atoms with Gasteiger partial charge in [0.15, 0.2) is 0 Å². The number of hydrogen-bond acceptors (Lipinski definition) is 2. The third kappa shape index (κ3) is 3.55. The van der Waals surface area contributed by atoms with Gasteiger partial charge in [0.05, 0.1) is 0 Å². The first-order chi connectivity index (χ1) is 5.83. The summed E-state index contributed by atoms with van der Waals surface area (Å²) >= 11 is 0. The molecule has 1 aliphatic carbocycles. The van der Waals surface area contributed by atoms with Crippen molar-refractivity contribution in [2.24, 2.45) is 5.92 Å². The Morgan fingerprint density at radius 2 is 2.08 bits per heavy atom. The van der Waals surface area contributed by atoms with Crippen LogP contribution in [0, 0.1) is 5.92 Å². The molecule has 2 heteroatoms. The van der Waals surface area contributed by atoms with Crippen LogP contribution in [0.5, 0.6) is 0 Å². The van der Waals surface area contributed by atoms with Crippen molar-refractivity contribution in [2.75, 3.05) is 33.7 Å². The van der Waals surface area contributed by atoms with Gasteiger partial charge < -0.3 is 10.2 Å². The number of nitrogens with one attached hydrogen (secondary N) is 1. The van der Waals surface area contributed by atoms with Crippen LogP contribution in [0.1, 0.15) is 25.7 Å². The van der Waals surface area contributed by atoms with Gasteiger partial charge in [0.2, 0.25) is 0 Å². The maximum absolute atomic E-state index is 3.17. The van der Waals surface area contributed by atoms with Crippen LogP contribution in [0.2, 0.25) is 0 Å². The van der Waals surface area contributed by atoms with Crippen LogP contribution in [0.15, 0.2) is 0 Å². The lowest BCUT2D eigenvalue weighted by Crippen LogP contribution is -2.30. The van der Waals surface area contributed by atoms with Gasteiger partial charge in [0, 0.05) is 13.1 Å². The fraction of sp³-hybridized carbons (Fsp3) is 1.00. The number of nitrogens with zero attached hydrogens (tertiary/aromatic N) is 1. The topological polar surface area (TPSA) is 15.3 Å². The molecule has 0 saturated heterocycles. The van der Waals surface area contributed by atoms with Crippen LogP contribution < -0.4 is 5.32 Å². The molecule has 1 fully saturated rings. The Kier molecular flexibility index (Phi) is 4.62. The molecule has 12 heavy (non-hydrogen) atoms. The summed E-state index contributed by atoms with van der Waals surface area (Å²) in [4.78, 5) is 2.43. The lowest BCUT2D eigenvalue weighted by Gasteiger charge is -2.27. The number of rotatable bonds is 6. The van der Waals surface area contributed by atoms with Crippen molar-refractivity contribution < 1.29 is 0 Å². The Labute approximate surface area is 76.3 Å². The predicted molar refractivity (Wildman–Crippen MR) is 53.4 cm³/mol. The van der Waals surface area contributed by atoms with Crippen LogP contribution >= 0.6 is 0 Å². The molecular weight excluding hydrogens is 148 g/mol. The highest BCUT2D eigenvalue weighted by Crippen LogP contribution is 2.29. The summed E-state index contributed by atoms with van der Waals surface area (Å²) in [6.07, 6.45) is 5.87. The van der Waals surface area contributed by atoms with Gasteiger partial charge in [-0.25, -0.2) is 0 Å². The highest BCUT2D eigenvalue weighted by Gasteiger charge is 2.16. The van der Waals surface area contributed by atoms with Crippen LogP contribution in [-0.4, -0.2) is 38.6 Å². The zero-order chi connectivity index (χ0) is 8.81. The Morgan fingerprint density at radius 3 is 2.58 bits per heavy atom. The zero-order valence-electron chi connectivity index (χ0n) is 8.47. The standard InChI is InChI=1S/C10H22N2/c1-11-7-9-12(2)8-6-10-4-3-5-10/h10-11H,3-9H2,1-2H3. The molecule has 0 spiro atoms. The lowest BCUT2D eigenvalue weighted by atomic mass is 9.83. The Hall–Kier alpha value is -0.0800. The summed E-state index contributed by atoms with van der Waals surface area (Å²) in [6.45, 7) is 3.58. The third-order valence-corrected chi connectivity index (χ3v) is 2.89. The Balaban J connectivity index is 1.90. The minimum Gasteiger partial charge on any atom is -0.318 e. The third-order valence-electron chi connectivity index (χ3n) is 2.89. The zero-order valence-corrected chi connectivity index (χ0v) is 8.47. The molecule has 0 bridgehead atoms. The molecule has 1 aliphatic rings. The average Bonchev–Trinajstić information content (AvgIpc) is 1.98. The van der Waals surface area contributed by atoms with E-state index in [1.807, 2.05) is 7.05 Å². The van der Waals surface area contributed by atoms with E-state index in [-0.39, 0.29) is 0 Å². The van der Waals surface area contributed by atoms with Crippen molar-refractivity contribution in [1.82, 2.24) is 10.2 Å². The monoisotopic (exact) mass is 170 g/mol. The van der Waals surface area contributed by atoms with E-state index < -0.39 is 0 Å². The summed E-state index contributed by atoms with van der Waals surface area (Å²) in [7, 11) is 4.23. The van der Waals surface area contributed by atoms with Gasteiger partial charge in [-0.3, -0.25) is 0 Å². The molecule has 0 unspecified atom stereocenters. The Bertz CT molecular complexity index is 110. The molecule has 0 heterocycles. The van der Waals surface area contributed by atoms with Crippen molar-refractivity contribution in [2.45, 2.75) is 25.7 Å². The summed E-state index contributed by atoms with van der Waals surface area (Å²) in [6, 6.07) is 0. The van der Waals surface area contributed by atoms with E-state index >= 15 is 0 Å². The molecule has 0 aliphatic heterocycles. The molecule has 0 aromatic carbocycles. The predicted octanol–water partition coefficient (Wildman–Crippen LogP) is 1.33. The summed E-state index contributed by atoms with van der Waals surface area (Å²) < 4.78 is 0. The van der Waals surface area contributed by atoms with Gasteiger partial charge in [-0.1, -0.05) is 19.3 Å². The first kappa shape index (κ1) is 10.0. The first-order valence-corrected chi connectivity index (χ1v) is 5.16. The van der Waals surface area contributed by atoms with Crippen molar-refractivity contribution >= 4 is 0 Å². The smallest absolute Gasteiger partial charge is 0.0104 e. The van der Waals surface area contributed by atoms with E-state index in [4.69, 9.17) is 0 Å². The van der Waals surface area contributed by atoms with Gasteiger partial charge in [-0.15, -0.1) is 0 Å². The molecule has 1 saturated carbocycles. The van der Waals surface area contributed by atoms with Crippen LogP contribution in [0.25, 0.3) is 0 Å². The second kappa shape index (κ2) is 5.55. The molecular formula is C10H22N2. The quantitative estimate of drug-likeness (QED) is 0.647. The average molecular weight is 170 g/mol. The van der Waals surface area contributed by atoms with Crippen LogP contribution in [0.4, 0.5) is 0 Å². The minimum absolute atomic E-state index is 1.06. The van der Waals surface area contributed by atoms with E-state index in [9.17, 15) is 0 Å². The summed E-state index contributed by atoms with van der Waals surface area (Å²) in [5.74, 6) is 1.06. The highest BCUT2D eigenvalue weighted by atomic mass is 15.1. The molecule has 1 rings (SSSR count). The van der Waals surface area contributed by atoms with Gasteiger partial charge in [0.1, 0.15) is 0 Å². The van der Waals surface area contributed by atoms with Gasteiger partial charge in [-0.05, 0) is 33.0 Å². The van der Waals surface area contributed by atoms with E-state index in [1.165, 1.54) is 38.8 Å². The Morgan fingerprint density at radius 1 is 1.33 bits per heavy atom. The minimum atomic E-state index is 1.06. The second-order valence-corrected chi connectivity index (χ2v) is 3.99. The van der Waals surface area contributed by atoms with Crippen molar-refractivity contribution in [1.29, 1.82) is 0 Å². The van der Waals surface area contributed by atoms with Gasteiger partial charge >= 0.3 is 0 Å².